The van der Waals surface area contributed by atoms with E-state index in [9.17, 15) is 0 Å². The van der Waals surface area contributed by atoms with Gasteiger partial charge < -0.3 is 0 Å². The summed E-state index contributed by atoms with van der Waals surface area (Å²) in [5, 5.41) is 12.7. The monoisotopic (exact) mass is 658 g/mol. The zero-order chi connectivity index (χ0) is 34.4. The quantitative estimate of drug-likeness (QED) is 0.128. The van der Waals surface area contributed by atoms with Crippen molar-refractivity contribution in [1.29, 1.82) is 0 Å². The summed E-state index contributed by atoms with van der Waals surface area (Å²) >= 11 is 0. The van der Waals surface area contributed by atoms with Gasteiger partial charge >= 0.3 is 0 Å². The minimum Gasteiger partial charge on any atom is -0.0616 e. The van der Waals surface area contributed by atoms with E-state index in [4.69, 9.17) is 0 Å². The maximum absolute atomic E-state index is 2.32. The number of fused-ring (bicyclic) bond motifs is 5. The smallest absolute Gasteiger partial charge is 0.00139 e. The number of rotatable bonds is 5. The van der Waals surface area contributed by atoms with Crippen LogP contribution in [0, 0.1) is 0 Å². The first kappa shape index (κ1) is 30.1. The Balaban J connectivity index is 1.05. The van der Waals surface area contributed by atoms with Crippen LogP contribution < -0.4 is 0 Å². The van der Waals surface area contributed by atoms with E-state index in [1.54, 1.807) is 0 Å². The van der Waals surface area contributed by atoms with E-state index >= 15 is 0 Å². The van der Waals surface area contributed by atoms with Gasteiger partial charge in [-0.1, -0.05) is 200 Å². The van der Waals surface area contributed by atoms with Gasteiger partial charge in [0.2, 0.25) is 0 Å². The van der Waals surface area contributed by atoms with Crippen LogP contribution in [-0.2, 0) is 0 Å². The third-order valence-electron chi connectivity index (χ3n) is 10.6. The van der Waals surface area contributed by atoms with Gasteiger partial charge in [0.25, 0.3) is 0 Å². The van der Waals surface area contributed by atoms with E-state index in [2.05, 4.69) is 206 Å². The molecule has 0 saturated heterocycles. The van der Waals surface area contributed by atoms with Crippen molar-refractivity contribution in [2.75, 3.05) is 0 Å². The highest BCUT2D eigenvalue weighted by Crippen LogP contribution is 2.47. The molecule has 0 aliphatic heterocycles. The van der Waals surface area contributed by atoms with E-state index in [0.717, 1.165) is 0 Å². The molecule has 0 radical (unpaired) electrons. The largest absolute Gasteiger partial charge is 0.0616 e. The molecule has 0 fully saturated rings. The molecule has 0 heteroatoms. The van der Waals surface area contributed by atoms with Crippen LogP contribution in [0.5, 0.6) is 0 Å². The molecule has 0 aromatic heterocycles. The van der Waals surface area contributed by atoms with Crippen LogP contribution in [-0.4, -0.2) is 0 Å². The second kappa shape index (κ2) is 12.5. The molecular formula is C52H34. The van der Waals surface area contributed by atoms with Gasteiger partial charge in [0, 0.05) is 0 Å². The lowest BCUT2D eigenvalue weighted by Crippen LogP contribution is -1.93. The Bertz CT molecular complexity index is 2860. The molecule has 0 spiro atoms. The van der Waals surface area contributed by atoms with Crippen LogP contribution in [0.1, 0.15) is 11.1 Å². The molecule has 52 heavy (non-hydrogen) atoms. The molecule has 10 aromatic carbocycles. The van der Waals surface area contributed by atoms with Gasteiger partial charge in [-0.15, -0.1) is 0 Å². The summed E-state index contributed by atoms with van der Waals surface area (Å²) in [6.45, 7) is 0. The van der Waals surface area contributed by atoms with Gasteiger partial charge in [0.05, 0.1) is 0 Å². The van der Waals surface area contributed by atoms with Gasteiger partial charge in [-0.2, -0.15) is 0 Å². The first-order chi connectivity index (χ1) is 25.8. The number of hydrogen-bond donors (Lipinski definition) is 0. The van der Waals surface area contributed by atoms with Crippen molar-refractivity contribution in [3.63, 3.8) is 0 Å². The van der Waals surface area contributed by atoms with Gasteiger partial charge in [-0.25, -0.2) is 0 Å². The van der Waals surface area contributed by atoms with Gasteiger partial charge in [-0.3, -0.25) is 0 Å². The Labute approximate surface area is 303 Å². The summed E-state index contributed by atoms with van der Waals surface area (Å²) in [7, 11) is 0. The predicted octanol–water partition coefficient (Wildman–Crippen LogP) is 14.6. The normalized spacial score (nSPS) is 11.8. The maximum Gasteiger partial charge on any atom is -0.00139 e. The average molecular weight is 659 g/mol. The van der Waals surface area contributed by atoms with E-state index in [0.29, 0.717) is 0 Å². The summed E-state index contributed by atoms with van der Waals surface area (Å²) in [6, 6.07) is 70.9. The Morgan fingerprint density at radius 2 is 0.635 bits per heavy atom. The van der Waals surface area contributed by atoms with Crippen LogP contribution in [0.25, 0.3) is 99.4 Å². The summed E-state index contributed by atoms with van der Waals surface area (Å²) < 4.78 is 0. The fourth-order valence-electron chi connectivity index (χ4n) is 8.20. The molecule has 0 heterocycles. The Morgan fingerprint density at radius 1 is 0.250 bits per heavy atom. The molecule has 0 aliphatic rings. The zero-order valence-corrected chi connectivity index (χ0v) is 28.6. The van der Waals surface area contributed by atoms with Crippen molar-refractivity contribution in [3.8, 4) is 33.4 Å². The highest BCUT2D eigenvalue weighted by molar-refractivity contribution is 6.27. The standard InChI is InChI=1S/C52H34/c1-4-16-42-37(12-1)15-11-23-43(42)38-30-26-35(27-31-38)24-25-36-28-32-39(33-29-36)50-46-19-7-9-21-48(46)52(49-22-10-8-20-47(49)50)51-44-17-5-2-13-40(44)34-41-14-3-6-18-45(41)51/h1-34H/b25-24+. The first-order valence-corrected chi connectivity index (χ1v) is 18.0. The molecule has 0 N–H and O–H groups in total. The topological polar surface area (TPSA) is 0 Å². The second-order valence-corrected chi connectivity index (χ2v) is 13.6. The summed E-state index contributed by atoms with van der Waals surface area (Å²) in [5.41, 5.74) is 9.96. The van der Waals surface area contributed by atoms with Crippen molar-refractivity contribution in [2.45, 2.75) is 0 Å². The number of hydrogen-bond acceptors (Lipinski definition) is 0. The summed E-state index contributed by atoms with van der Waals surface area (Å²) in [4.78, 5) is 0. The molecule has 0 amide bonds. The van der Waals surface area contributed by atoms with Gasteiger partial charge in [0.1, 0.15) is 0 Å². The van der Waals surface area contributed by atoms with Crippen LogP contribution in [0.15, 0.2) is 194 Å². The number of benzene rings is 10. The Morgan fingerprint density at radius 3 is 1.17 bits per heavy atom. The highest BCUT2D eigenvalue weighted by Gasteiger charge is 2.19. The van der Waals surface area contributed by atoms with Crippen molar-refractivity contribution < 1.29 is 0 Å². The minimum atomic E-state index is 1.18. The van der Waals surface area contributed by atoms with E-state index in [-0.39, 0.29) is 0 Å². The molecule has 0 bridgehead atoms. The molecule has 0 nitrogen and oxygen atoms in total. The predicted molar refractivity (Wildman–Crippen MR) is 226 cm³/mol. The molecule has 0 aliphatic carbocycles. The average Bonchev–Trinajstić information content (AvgIpc) is 3.21. The van der Waals surface area contributed by atoms with Gasteiger partial charge in [-0.05, 0) is 104 Å². The lowest BCUT2D eigenvalue weighted by atomic mass is 9.83. The fourth-order valence-corrected chi connectivity index (χ4v) is 8.20. The Hall–Kier alpha value is -6.76. The third kappa shape index (κ3) is 5.08. The Kier molecular flexibility index (Phi) is 7.25. The van der Waals surface area contributed by atoms with E-state index in [1.165, 1.54) is 98.4 Å². The zero-order valence-electron chi connectivity index (χ0n) is 28.6. The molecule has 0 atom stereocenters. The molecular weight excluding hydrogens is 625 g/mol. The van der Waals surface area contributed by atoms with Crippen LogP contribution in [0.4, 0.5) is 0 Å². The lowest BCUT2D eigenvalue weighted by Gasteiger charge is -2.20. The van der Waals surface area contributed by atoms with E-state index in [1.807, 2.05) is 0 Å². The minimum absolute atomic E-state index is 1.18. The highest BCUT2D eigenvalue weighted by atomic mass is 14.2. The second-order valence-electron chi connectivity index (χ2n) is 13.6. The SMILES string of the molecule is C(=C\c1ccc(-c2c3ccccc3c(-c3c4ccccc4cc4ccccc34)c3ccccc23)cc1)/c1ccc(-c2cccc3ccccc23)cc1. The first-order valence-electron chi connectivity index (χ1n) is 18.0. The fraction of sp³-hybridized carbons (Fsp3) is 0. The van der Waals surface area contributed by atoms with Crippen LogP contribution >= 0.6 is 0 Å². The van der Waals surface area contributed by atoms with Crippen molar-refractivity contribution in [3.05, 3.63) is 205 Å². The summed E-state index contributed by atoms with van der Waals surface area (Å²) in [5.74, 6) is 0. The van der Waals surface area contributed by atoms with Crippen molar-refractivity contribution in [2.24, 2.45) is 0 Å². The lowest BCUT2D eigenvalue weighted by molar-refractivity contribution is 1.62. The third-order valence-corrected chi connectivity index (χ3v) is 10.6. The van der Waals surface area contributed by atoms with Crippen LogP contribution in [0.2, 0.25) is 0 Å². The maximum atomic E-state index is 2.32. The van der Waals surface area contributed by atoms with Gasteiger partial charge in [0.15, 0.2) is 0 Å². The van der Waals surface area contributed by atoms with Crippen molar-refractivity contribution >= 4 is 66.0 Å². The van der Waals surface area contributed by atoms with Crippen molar-refractivity contribution in [1.82, 2.24) is 0 Å². The molecule has 242 valence electrons. The molecule has 10 aromatic rings. The summed E-state index contributed by atoms with van der Waals surface area (Å²) in [6.07, 6.45) is 4.41. The van der Waals surface area contributed by atoms with E-state index < -0.39 is 0 Å². The molecule has 0 unspecified atom stereocenters. The molecule has 10 rings (SSSR count). The van der Waals surface area contributed by atoms with Crippen LogP contribution in [0.3, 0.4) is 0 Å². The molecule has 0 saturated carbocycles.